The van der Waals surface area contributed by atoms with Crippen molar-refractivity contribution in [3.8, 4) is 0 Å². The van der Waals surface area contributed by atoms with E-state index in [-0.39, 0.29) is 19.0 Å². The maximum absolute atomic E-state index is 14.7. The first-order chi connectivity index (χ1) is 13.3. The molecule has 3 rings (SSSR count). The molecular weight excluding hydrogens is 389 g/mol. The zero-order valence-corrected chi connectivity index (χ0v) is 16.2. The summed E-state index contributed by atoms with van der Waals surface area (Å²) in [6, 6.07) is 4.54. The smallest absolute Gasteiger partial charge is 0.414 e. The maximum Gasteiger partial charge on any atom is 0.414 e. The molecule has 10 heteroatoms. The molecule has 1 saturated heterocycles. The molecule has 150 valence electrons. The molecule has 0 bridgehead atoms. The van der Waals surface area contributed by atoms with Gasteiger partial charge in [-0.1, -0.05) is 18.2 Å². The fourth-order valence-electron chi connectivity index (χ4n) is 2.97. The molecule has 1 atom stereocenters. The van der Waals surface area contributed by atoms with Gasteiger partial charge < -0.3 is 15.0 Å². The number of anilines is 2. The highest BCUT2D eigenvalue weighted by Crippen LogP contribution is 2.28. The summed E-state index contributed by atoms with van der Waals surface area (Å²) in [7, 11) is 0. The average molecular weight is 410 g/mol. The largest absolute Gasteiger partial charge is 0.442 e. The van der Waals surface area contributed by atoms with Crippen LogP contribution in [0, 0.1) is 5.82 Å². The standard InChI is InChI=1S/C18H21ClFN5O3/c1-12(19)9-24-6-5-23(11-22-24)17-4-3-14(7-16(17)20)25-10-15(28-18(25)27)8-21-13(2)26/h3-4,7,11,15H,1,5-6,8-10H2,2H3,(H,21,26). The summed E-state index contributed by atoms with van der Waals surface area (Å²) >= 11 is 5.78. The third-order valence-corrected chi connectivity index (χ3v) is 4.43. The number of ether oxygens (including phenoxy) is 1. The van der Waals surface area contributed by atoms with Gasteiger partial charge in [-0.15, -0.1) is 0 Å². The van der Waals surface area contributed by atoms with Crippen molar-refractivity contribution in [2.24, 2.45) is 5.10 Å². The lowest BCUT2D eigenvalue weighted by Gasteiger charge is -2.30. The Morgan fingerprint density at radius 3 is 2.86 bits per heavy atom. The number of nitrogens with zero attached hydrogens (tertiary/aromatic N) is 4. The highest BCUT2D eigenvalue weighted by Gasteiger charge is 2.33. The summed E-state index contributed by atoms with van der Waals surface area (Å²) in [5, 5.41) is 9.06. The Kier molecular flexibility index (Phi) is 6.03. The average Bonchev–Trinajstić information content (AvgIpc) is 3.01. The Labute approximate surface area is 167 Å². The van der Waals surface area contributed by atoms with Crippen LogP contribution in [0.3, 0.4) is 0 Å². The van der Waals surface area contributed by atoms with E-state index in [1.54, 1.807) is 22.0 Å². The number of hydrogen-bond donors (Lipinski definition) is 1. The first-order valence-corrected chi connectivity index (χ1v) is 9.12. The topological polar surface area (TPSA) is 77.5 Å². The number of hydrazone groups is 1. The van der Waals surface area contributed by atoms with Crippen LogP contribution in [0.5, 0.6) is 0 Å². The molecular formula is C18H21ClFN5O3. The second-order valence-corrected chi connectivity index (χ2v) is 7.05. The molecule has 0 spiro atoms. The quantitative estimate of drug-likeness (QED) is 0.778. The molecule has 0 aromatic heterocycles. The fraction of sp³-hybridized carbons (Fsp3) is 0.389. The molecule has 1 aromatic carbocycles. The Morgan fingerprint density at radius 1 is 1.46 bits per heavy atom. The number of cyclic esters (lactones) is 1. The number of nitrogens with one attached hydrogen (secondary N) is 1. The normalized spacial score (nSPS) is 19.0. The van der Waals surface area contributed by atoms with E-state index in [1.165, 1.54) is 24.2 Å². The molecule has 2 heterocycles. The lowest BCUT2D eigenvalue weighted by molar-refractivity contribution is -0.119. The predicted molar refractivity (Wildman–Crippen MR) is 105 cm³/mol. The van der Waals surface area contributed by atoms with Crippen molar-refractivity contribution in [2.75, 3.05) is 42.5 Å². The van der Waals surface area contributed by atoms with Gasteiger partial charge in [-0.2, -0.15) is 5.10 Å². The summed E-state index contributed by atoms with van der Waals surface area (Å²) < 4.78 is 19.9. The van der Waals surface area contributed by atoms with Crippen molar-refractivity contribution in [3.05, 3.63) is 35.6 Å². The summed E-state index contributed by atoms with van der Waals surface area (Å²) in [6.45, 7) is 7.02. The van der Waals surface area contributed by atoms with Gasteiger partial charge in [0, 0.05) is 18.5 Å². The van der Waals surface area contributed by atoms with Gasteiger partial charge in [0.1, 0.15) is 18.3 Å². The number of benzene rings is 1. The molecule has 1 fully saturated rings. The van der Waals surface area contributed by atoms with Crippen LogP contribution in [-0.4, -0.2) is 62.2 Å². The Balaban J connectivity index is 1.67. The second kappa shape index (κ2) is 8.47. The van der Waals surface area contributed by atoms with Gasteiger partial charge in [0.25, 0.3) is 0 Å². The Hall–Kier alpha value is -2.81. The SMILES string of the molecule is C=C(Cl)CN1CCN(c2ccc(N3CC(CNC(C)=O)OC3=O)cc2F)C=N1. The molecule has 28 heavy (non-hydrogen) atoms. The first-order valence-electron chi connectivity index (χ1n) is 8.74. The van der Waals surface area contributed by atoms with Crippen molar-refractivity contribution in [1.82, 2.24) is 10.3 Å². The monoisotopic (exact) mass is 409 g/mol. The van der Waals surface area contributed by atoms with Gasteiger partial charge in [-0.05, 0) is 18.2 Å². The number of amides is 2. The highest BCUT2D eigenvalue weighted by atomic mass is 35.5. The number of carbonyl (C=O) groups excluding carboxylic acids is 2. The van der Waals surface area contributed by atoms with E-state index in [0.717, 1.165) is 0 Å². The minimum Gasteiger partial charge on any atom is -0.442 e. The Morgan fingerprint density at radius 2 is 2.25 bits per heavy atom. The van der Waals surface area contributed by atoms with Gasteiger partial charge in [-0.25, -0.2) is 9.18 Å². The van der Waals surface area contributed by atoms with Crippen LogP contribution in [-0.2, 0) is 9.53 Å². The van der Waals surface area contributed by atoms with Crippen molar-refractivity contribution in [1.29, 1.82) is 0 Å². The molecule has 1 unspecified atom stereocenters. The van der Waals surface area contributed by atoms with E-state index in [2.05, 4.69) is 17.0 Å². The number of rotatable bonds is 6. The van der Waals surface area contributed by atoms with Gasteiger partial charge >= 0.3 is 6.09 Å². The molecule has 8 nitrogen and oxygen atoms in total. The summed E-state index contributed by atoms with van der Waals surface area (Å²) in [5.74, 6) is -0.681. The highest BCUT2D eigenvalue weighted by molar-refractivity contribution is 6.29. The minimum atomic E-state index is -0.570. The summed E-state index contributed by atoms with van der Waals surface area (Å²) in [4.78, 5) is 26.1. The molecule has 2 amide bonds. The van der Waals surface area contributed by atoms with Gasteiger partial charge in [0.05, 0.1) is 37.6 Å². The predicted octanol–water partition coefficient (Wildman–Crippen LogP) is 2.10. The molecule has 1 aromatic rings. The van der Waals surface area contributed by atoms with E-state index in [1.807, 2.05) is 0 Å². The van der Waals surface area contributed by atoms with E-state index >= 15 is 0 Å². The molecule has 0 radical (unpaired) electrons. The zero-order valence-electron chi connectivity index (χ0n) is 15.4. The molecule has 2 aliphatic heterocycles. The number of hydrogen-bond acceptors (Lipinski definition) is 6. The molecule has 0 saturated carbocycles. The Bertz CT molecular complexity index is 818. The van der Waals surface area contributed by atoms with Crippen LogP contribution in [0.25, 0.3) is 0 Å². The number of carbonyl (C=O) groups is 2. The van der Waals surface area contributed by atoms with E-state index in [4.69, 9.17) is 16.3 Å². The summed E-state index contributed by atoms with van der Waals surface area (Å²) in [6.07, 6.45) is 0.490. The zero-order chi connectivity index (χ0) is 20.3. The fourth-order valence-corrected chi connectivity index (χ4v) is 3.11. The van der Waals surface area contributed by atoms with Crippen LogP contribution in [0.15, 0.2) is 34.9 Å². The van der Waals surface area contributed by atoms with Crippen molar-refractivity contribution in [2.45, 2.75) is 13.0 Å². The van der Waals surface area contributed by atoms with E-state index < -0.39 is 18.0 Å². The minimum absolute atomic E-state index is 0.206. The van der Waals surface area contributed by atoms with Gasteiger partial charge in [0.2, 0.25) is 5.91 Å². The second-order valence-electron chi connectivity index (χ2n) is 6.52. The van der Waals surface area contributed by atoms with Crippen LogP contribution >= 0.6 is 11.6 Å². The van der Waals surface area contributed by atoms with Gasteiger partial charge in [0.15, 0.2) is 0 Å². The molecule has 1 N–H and O–H groups in total. The lowest BCUT2D eigenvalue weighted by atomic mass is 10.2. The van der Waals surface area contributed by atoms with Crippen LogP contribution in [0.4, 0.5) is 20.6 Å². The van der Waals surface area contributed by atoms with Crippen molar-refractivity contribution >= 4 is 41.3 Å². The van der Waals surface area contributed by atoms with Crippen molar-refractivity contribution < 1.29 is 18.7 Å². The third-order valence-electron chi connectivity index (χ3n) is 4.31. The molecule has 0 aliphatic carbocycles. The van der Waals surface area contributed by atoms with E-state index in [9.17, 15) is 14.0 Å². The van der Waals surface area contributed by atoms with Gasteiger partial charge in [-0.3, -0.25) is 14.7 Å². The maximum atomic E-state index is 14.7. The lowest BCUT2D eigenvalue weighted by Crippen LogP contribution is -2.38. The molecule has 2 aliphatic rings. The van der Waals surface area contributed by atoms with Crippen molar-refractivity contribution in [3.63, 3.8) is 0 Å². The number of halogens is 2. The van der Waals surface area contributed by atoms with Crippen LogP contribution in [0.1, 0.15) is 6.92 Å². The first kappa shape index (κ1) is 19.9. The third kappa shape index (κ3) is 4.72. The summed E-state index contributed by atoms with van der Waals surface area (Å²) in [5.41, 5.74) is 0.754. The van der Waals surface area contributed by atoms with Crippen LogP contribution in [0.2, 0.25) is 0 Å². The van der Waals surface area contributed by atoms with E-state index in [0.29, 0.717) is 36.0 Å². The van der Waals surface area contributed by atoms with Crippen LogP contribution < -0.4 is 15.1 Å².